The van der Waals surface area contributed by atoms with Gasteiger partial charge in [0.05, 0.1) is 31.0 Å². The molecule has 155 valence electrons. The van der Waals surface area contributed by atoms with Crippen molar-refractivity contribution in [2.75, 3.05) is 19.0 Å². The number of nitrogens with zero attached hydrogens (tertiary/aromatic N) is 4. The molecular weight excluding hydrogens is 409 g/mol. The van der Waals surface area contributed by atoms with E-state index in [0.717, 1.165) is 12.0 Å². The third kappa shape index (κ3) is 4.21. The van der Waals surface area contributed by atoms with Gasteiger partial charge in [-0.15, -0.1) is 0 Å². The second-order valence-electron chi connectivity index (χ2n) is 6.88. The van der Waals surface area contributed by atoms with Crippen molar-refractivity contribution in [3.63, 3.8) is 0 Å². The van der Waals surface area contributed by atoms with Gasteiger partial charge in [0.25, 0.3) is 0 Å². The van der Waals surface area contributed by atoms with E-state index in [1.807, 2.05) is 0 Å². The summed E-state index contributed by atoms with van der Waals surface area (Å²) in [6, 6.07) is 5.59. The maximum atomic E-state index is 14.3. The molecule has 0 bridgehead atoms. The van der Waals surface area contributed by atoms with Crippen LogP contribution < -0.4 is 15.4 Å². The molecule has 7 nitrogen and oxygen atoms in total. The number of hydrogen-bond acceptors (Lipinski definition) is 6. The monoisotopic (exact) mass is 428 g/mol. The Labute approximate surface area is 178 Å². The third-order valence-corrected chi connectivity index (χ3v) is 5.15. The predicted molar refractivity (Wildman–Crippen MR) is 111 cm³/mol. The zero-order valence-electron chi connectivity index (χ0n) is 16.2. The highest BCUT2D eigenvalue weighted by Crippen LogP contribution is 2.34. The number of anilines is 2. The molecule has 2 atom stereocenters. The number of nitrogens with one attached hydrogen (secondary N) is 1. The fraction of sp³-hybridized carbons (Fsp3) is 0.286. The van der Waals surface area contributed by atoms with Gasteiger partial charge in [0.15, 0.2) is 17.4 Å². The van der Waals surface area contributed by atoms with Crippen LogP contribution in [0, 0.1) is 5.82 Å². The second kappa shape index (κ2) is 8.91. The molecule has 2 unspecified atom stereocenters. The molecule has 1 saturated heterocycles. The Morgan fingerprint density at radius 3 is 2.93 bits per heavy atom. The van der Waals surface area contributed by atoms with Gasteiger partial charge in [-0.1, -0.05) is 11.6 Å². The molecule has 0 amide bonds. The number of rotatable bonds is 5. The molecule has 4 rings (SSSR count). The van der Waals surface area contributed by atoms with Gasteiger partial charge in [0.2, 0.25) is 0 Å². The summed E-state index contributed by atoms with van der Waals surface area (Å²) in [5, 5.41) is 18.6. The highest BCUT2D eigenvalue weighted by molar-refractivity contribution is 6.30. The van der Waals surface area contributed by atoms with Crippen LogP contribution in [0.2, 0.25) is 5.02 Å². The Hall–Kier alpha value is -2.81. The minimum Gasteiger partial charge on any atom is -0.491 e. The maximum Gasteiger partial charge on any atom is 0.179 e. The van der Waals surface area contributed by atoms with Crippen molar-refractivity contribution in [2.24, 2.45) is 0 Å². The number of aromatic nitrogens is 3. The van der Waals surface area contributed by atoms with Crippen LogP contribution in [0.5, 0.6) is 5.75 Å². The minimum atomic E-state index is -0.577. The summed E-state index contributed by atoms with van der Waals surface area (Å²) < 4.78 is 19.7. The van der Waals surface area contributed by atoms with Crippen molar-refractivity contribution < 1.29 is 14.2 Å². The number of aliphatic hydroxyl groups is 1. The van der Waals surface area contributed by atoms with Crippen molar-refractivity contribution in [2.45, 2.75) is 25.0 Å². The Morgan fingerprint density at radius 2 is 2.13 bits per heavy atom. The smallest absolute Gasteiger partial charge is 0.179 e. The Balaban J connectivity index is 1.72. The zero-order chi connectivity index (χ0) is 21.1. The first-order chi connectivity index (χ1) is 14.6. The summed E-state index contributed by atoms with van der Waals surface area (Å²) in [6.07, 6.45) is 5.73. The van der Waals surface area contributed by atoms with E-state index in [1.165, 1.54) is 31.5 Å². The summed E-state index contributed by atoms with van der Waals surface area (Å²) in [7, 11) is 1.50. The standard InChI is InChI=1S/C21H20ClFN5O2/c1-30-18-11-26-20(13-9-12(22)4-5-15(13)23)28-21(18)27-16-6-8-24-10-14(16)19-17(29)3-2-7-25-19/h4-6,8-11,17,19,29H,2-3,7H2,1H3,(H,24,26,27,28). The van der Waals surface area contributed by atoms with Crippen LogP contribution in [-0.4, -0.2) is 39.8 Å². The van der Waals surface area contributed by atoms with E-state index >= 15 is 0 Å². The van der Waals surface area contributed by atoms with Crippen LogP contribution in [0.1, 0.15) is 24.4 Å². The van der Waals surface area contributed by atoms with Crippen molar-refractivity contribution in [1.29, 1.82) is 0 Å². The summed E-state index contributed by atoms with van der Waals surface area (Å²) in [5.41, 5.74) is 1.61. The number of benzene rings is 1. The second-order valence-corrected chi connectivity index (χ2v) is 7.32. The highest BCUT2D eigenvalue weighted by atomic mass is 35.5. The molecule has 9 heteroatoms. The van der Waals surface area contributed by atoms with E-state index in [2.05, 4.69) is 25.6 Å². The van der Waals surface area contributed by atoms with Gasteiger partial charge in [-0.05, 0) is 37.1 Å². The Morgan fingerprint density at radius 1 is 1.27 bits per heavy atom. The maximum absolute atomic E-state index is 14.3. The molecule has 0 saturated carbocycles. The normalized spacial score (nSPS) is 18.8. The lowest BCUT2D eigenvalue weighted by molar-refractivity contribution is 0.0944. The topological polar surface area (TPSA) is 94.3 Å². The Bertz CT molecular complexity index is 1050. The van der Waals surface area contributed by atoms with Gasteiger partial charge >= 0.3 is 0 Å². The lowest BCUT2D eigenvalue weighted by atomic mass is 9.94. The average Bonchev–Trinajstić information content (AvgIpc) is 2.76. The number of methoxy groups -OCH3 is 1. The van der Waals surface area contributed by atoms with E-state index in [4.69, 9.17) is 16.3 Å². The molecule has 3 heterocycles. The molecule has 30 heavy (non-hydrogen) atoms. The fourth-order valence-electron chi connectivity index (χ4n) is 3.41. The summed E-state index contributed by atoms with van der Waals surface area (Å²) in [5.74, 6) is 0.408. The number of halogens is 2. The molecule has 0 aliphatic carbocycles. The number of pyridine rings is 1. The summed E-state index contributed by atoms with van der Waals surface area (Å²) in [6.45, 7) is 0.686. The first-order valence-electron chi connectivity index (χ1n) is 9.49. The van der Waals surface area contributed by atoms with Crippen LogP contribution >= 0.6 is 11.6 Å². The minimum absolute atomic E-state index is 0.163. The number of ether oxygens (including phenoxy) is 1. The summed E-state index contributed by atoms with van der Waals surface area (Å²) >= 11 is 6.01. The lowest BCUT2D eigenvalue weighted by Crippen LogP contribution is -2.33. The van der Waals surface area contributed by atoms with E-state index < -0.39 is 11.9 Å². The van der Waals surface area contributed by atoms with Crippen LogP contribution in [0.3, 0.4) is 0 Å². The zero-order valence-corrected chi connectivity index (χ0v) is 17.0. The summed E-state index contributed by atoms with van der Waals surface area (Å²) in [4.78, 5) is 12.8. The van der Waals surface area contributed by atoms with E-state index in [-0.39, 0.29) is 17.4 Å². The number of aliphatic hydroxyl groups excluding tert-OH is 1. The van der Waals surface area contributed by atoms with E-state index in [1.54, 1.807) is 18.5 Å². The van der Waals surface area contributed by atoms with Crippen LogP contribution in [0.4, 0.5) is 15.9 Å². The fourth-order valence-corrected chi connectivity index (χ4v) is 3.58. The highest BCUT2D eigenvalue weighted by Gasteiger charge is 2.28. The van der Waals surface area contributed by atoms with Gasteiger partial charge < -0.3 is 15.2 Å². The van der Waals surface area contributed by atoms with Gasteiger partial charge in [0.1, 0.15) is 5.82 Å². The SMILES string of the molecule is COc1cnc(-c2cc(Cl)ccc2F)nc1Nc1ccncc1C1[N]CCCC1O. The van der Waals surface area contributed by atoms with E-state index in [9.17, 15) is 9.50 Å². The number of piperidine rings is 1. The van der Waals surface area contributed by atoms with Crippen molar-refractivity contribution >= 4 is 23.1 Å². The predicted octanol–water partition coefficient (Wildman–Crippen LogP) is 3.88. The lowest BCUT2D eigenvalue weighted by Gasteiger charge is -2.29. The van der Waals surface area contributed by atoms with Crippen LogP contribution in [0.15, 0.2) is 42.9 Å². The molecule has 2 aromatic heterocycles. The van der Waals surface area contributed by atoms with Gasteiger partial charge in [-0.2, -0.15) is 0 Å². The molecule has 2 N–H and O–H groups in total. The molecule has 1 fully saturated rings. The molecule has 1 aliphatic heterocycles. The van der Waals surface area contributed by atoms with Crippen molar-refractivity contribution in [3.05, 3.63) is 59.3 Å². The first kappa shape index (κ1) is 20.5. The molecular formula is C21H20ClFN5O2. The number of hydrogen-bond donors (Lipinski definition) is 2. The van der Waals surface area contributed by atoms with Gasteiger partial charge in [-0.3, -0.25) is 4.98 Å². The Kier molecular flexibility index (Phi) is 6.08. The van der Waals surface area contributed by atoms with Crippen LogP contribution in [0.25, 0.3) is 11.4 Å². The molecule has 1 aliphatic rings. The average molecular weight is 429 g/mol. The molecule has 0 spiro atoms. The molecule has 3 aromatic rings. The first-order valence-corrected chi connectivity index (χ1v) is 9.86. The van der Waals surface area contributed by atoms with Gasteiger partial charge in [0, 0.05) is 35.2 Å². The van der Waals surface area contributed by atoms with Crippen molar-refractivity contribution in [3.8, 4) is 17.1 Å². The largest absolute Gasteiger partial charge is 0.491 e. The van der Waals surface area contributed by atoms with E-state index in [0.29, 0.717) is 35.2 Å². The quantitative estimate of drug-likeness (QED) is 0.640. The third-order valence-electron chi connectivity index (χ3n) is 4.92. The van der Waals surface area contributed by atoms with Crippen molar-refractivity contribution in [1.82, 2.24) is 20.3 Å². The molecule has 1 radical (unpaired) electrons. The van der Waals surface area contributed by atoms with Gasteiger partial charge in [-0.25, -0.2) is 19.7 Å². The molecule has 1 aromatic carbocycles. The van der Waals surface area contributed by atoms with Crippen LogP contribution in [-0.2, 0) is 0 Å².